The van der Waals surface area contributed by atoms with E-state index in [9.17, 15) is 10.1 Å². The molecule has 1 aromatic heterocycles. The Labute approximate surface area is 116 Å². The van der Waals surface area contributed by atoms with Crippen LogP contribution in [0.25, 0.3) is 0 Å². The first-order valence-corrected chi connectivity index (χ1v) is 5.99. The van der Waals surface area contributed by atoms with Crippen molar-refractivity contribution in [3.05, 3.63) is 45.6 Å². The number of anilines is 3. The van der Waals surface area contributed by atoms with Crippen LogP contribution in [-0.4, -0.2) is 21.9 Å². The molecule has 0 bridgehead atoms. The zero-order chi connectivity index (χ0) is 14.9. The van der Waals surface area contributed by atoms with Gasteiger partial charge in [0, 0.05) is 12.7 Å². The van der Waals surface area contributed by atoms with Gasteiger partial charge in [-0.2, -0.15) is 4.98 Å². The fourth-order valence-electron chi connectivity index (χ4n) is 1.91. The van der Waals surface area contributed by atoms with Crippen LogP contribution in [-0.2, 0) is 0 Å². The Morgan fingerprint density at radius 2 is 1.80 bits per heavy atom. The molecule has 0 fully saturated rings. The van der Waals surface area contributed by atoms with E-state index in [-0.39, 0.29) is 23.1 Å². The topological polar surface area (TPSA) is 98.2 Å². The molecule has 20 heavy (non-hydrogen) atoms. The maximum Gasteiger partial charge on any atom is 0.333 e. The van der Waals surface area contributed by atoms with Gasteiger partial charge in [-0.15, -0.1) is 0 Å². The van der Waals surface area contributed by atoms with Crippen LogP contribution >= 0.6 is 0 Å². The van der Waals surface area contributed by atoms with E-state index in [1.165, 1.54) is 0 Å². The average Bonchev–Trinajstić information content (AvgIpc) is 2.37. The molecule has 0 aliphatic heterocycles. The molecule has 2 aromatic rings. The van der Waals surface area contributed by atoms with Crippen LogP contribution in [0.5, 0.6) is 0 Å². The van der Waals surface area contributed by atoms with Crippen molar-refractivity contribution < 1.29 is 4.92 Å². The van der Waals surface area contributed by atoms with Gasteiger partial charge in [-0.05, 0) is 26.0 Å². The highest BCUT2D eigenvalue weighted by atomic mass is 16.6. The number of nitro groups is 1. The normalized spacial score (nSPS) is 10.3. The molecule has 0 saturated heterocycles. The molecule has 0 aliphatic carbocycles. The zero-order valence-electron chi connectivity index (χ0n) is 11.5. The van der Waals surface area contributed by atoms with Crippen LogP contribution in [0, 0.1) is 24.0 Å². The number of aromatic nitrogens is 2. The smallest absolute Gasteiger partial charge is 0.333 e. The number of rotatable bonds is 3. The highest BCUT2D eigenvalue weighted by molar-refractivity contribution is 5.70. The van der Waals surface area contributed by atoms with Crippen LogP contribution < -0.4 is 10.6 Å². The first-order valence-electron chi connectivity index (χ1n) is 5.99. The second-order valence-electron chi connectivity index (χ2n) is 4.49. The minimum absolute atomic E-state index is 0.0158. The van der Waals surface area contributed by atoms with Crippen molar-refractivity contribution in [1.29, 1.82) is 0 Å². The summed E-state index contributed by atoms with van der Waals surface area (Å²) in [5.74, 6) is 0.200. The first-order chi connectivity index (χ1) is 9.40. The fourth-order valence-corrected chi connectivity index (χ4v) is 1.91. The van der Waals surface area contributed by atoms with Crippen molar-refractivity contribution in [2.24, 2.45) is 0 Å². The van der Waals surface area contributed by atoms with E-state index in [4.69, 9.17) is 5.73 Å². The second-order valence-corrected chi connectivity index (χ2v) is 4.49. The summed E-state index contributed by atoms with van der Waals surface area (Å²) in [6.45, 7) is 3.52. The van der Waals surface area contributed by atoms with Crippen molar-refractivity contribution in [2.75, 3.05) is 17.7 Å². The molecule has 0 aliphatic rings. The van der Waals surface area contributed by atoms with Gasteiger partial charge in [0.1, 0.15) is 5.69 Å². The van der Waals surface area contributed by atoms with Crippen molar-refractivity contribution in [3.63, 3.8) is 0 Å². The molecule has 1 aromatic carbocycles. The number of hydrogen-bond acceptors (Lipinski definition) is 6. The summed E-state index contributed by atoms with van der Waals surface area (Å²) in [5.41, 5.74) is 7.60. The van der Waals surface area contributed by atoms with E-state index in [1.807, 2.05) is 31.2 Å². The van der Waals surface area contributed by atoms with E-state index in [0.29, 0.717) is 0 Å². The molecule has 0 unspecified atom stereocenters. The Morgan fingerprint density at radius 3 is 2.35 bits per heavy atom. The molecule has 104 valence electrons. The predicted molar refractivity (Wildman–Crippen MR) is 77.1 cm³/mol. The van der Waals surface area contributed by atoms with Crippen LogP contribution in [0.3, 0.4) is 0 Å². The lowest BCUT2D eigenvalue weighted by Gasteiger charge is -2.19. The summed E-state index contributed by atoms with van der Waals surface area (Å²) >= 11 is 0. The maximum absolute atomic E-state index is 11.2. The Hall–Kier alpha value is -2.70. The number of aryl methyl sites for hydroxylation is 2. The predicted octanol–water partition coefficient (Wildman–Crippen LogP) is 2.35. The van der Waals surface area contributed by atoms with Crippen molar-refractivity contribution in [1.82, 2.24) is 9.97 Å². The zero-order valence-corrected chi connectivity index (χ0v) is 11.5. The van der Waals surface area contributed by atoms with Crippen LogP contribution in [0.1, 0.15) is 11.3 Å². The lowest BCUT2D eigenvalue weighted by molar-refractivity contribution is -0.385. The average molecular weight is 273 g/mol. The number of hydrogen-bond donors (Lipinski definition) is 1. The summed E-state index contributed by atoms with van der Waals surface area (Å²) in [7, 11) is 1.71. The highest BCUT2D eigenvalue weighted by Crippen LogP contribution is 2.32. The van der Waals surface area contributed by atoms with Crippen LogP contribution in [0.4, 0.5) is 23.1 Å². The van der Waals surface area contributed by atoms with E-state index in [2.05, 4.69) is 9.97 Å². The van der Waals surface area contributed by atoms with E-state index < -0.39 is 4.92 Å². The summed E-state index contributed by atoms with van der Waals surface area (Å²) in [6.07, 6.45) is 0. The molecular weight excluding hydrogens is 258 g/mol. The van der Waals surface area contributed by atoms with Gasteiger partial charge in [0.15, 0.2) is 0 Å². The summed E-state index contributed by atoms with van der Waals surface area (Å²) in [4.78, 5) is 20.2. The molecule has 2 N–H and O–H groups in total. The second kappa shape index (κ2) is 5.12. The molecule has 0 amide bonds. The summed E-state index contributed by atoms with van der Waals surface area (Å²) in [5, 5.41) is 11.2. The SMILES string of the molecule is Cc1ccc(N(C)c2nc(N)nc(C)c2[N+](=O)[O-])cc1. The molecule has 0 saturated carbocycles. The highest BCUT2D eigenvalue weighted by Gasteiger charge is 2.24. The monoisotopic (exact) mass is 273 g/mol. The largest absolute Gasteiger partial charge is 0.368 e. The van der Waals surface area contributed by atoms with Crippen LogP contribution in [0.2, 0.25) is 0 Å². The molecule has 7 heteroatoms. The lowest BCUT2D eigenvalue weighted by atomic mass is 10.2. The fraction of sp³-hybridized carbons (Fsp3) is 0.231. The maximum atomic E-state index is 11.2. The van der Waals surface area contributed by atoms with Crippen molar-refractivity contribution >= 4 is 23.1 Å². The number of nitrogens with two attached hydrogens (primary N) is 1. The third kappa shape index (κ3) is 2.51. The van der Waals surface area contributed by atoms with Gasteiger partial charge in [0.05, 0.1) is 4.92 Å². The van der Waals surface area contributed by atoms with Crippen LogP contribution in [0.15, 0.2) is 24.3 Å². The van der Waals surface area contributed by atoms with E-state index in [0.717, 1.165) is 11.3 Å². The van der Waals surface area contributed by atoms with E-state index >= 15 is 0 Å². The van der Waals surface area contributed by atoms with Gasteiger partial charge in [-0.1, -0.05) is 17.7 Å². The Morgan fingerprint density at radius 1 is 1.20 bits per heavy atom. The van der Waals surface area contributed by atoms with Crippen molar-refractivity contribution in [2.45, 2.75) is 13.8 Å². The molecule has 0 atom stereocenters. The molecule has 2 rings (SSSR count). The summed E-state index contributed by atoms with van der Waals surface area (Å²) < 4.78 is 0. The first kappa shape index (κ1) is 13.7. The number of nitrogens with zero attached hydrogens (tertiary/aromatic N) is 4. The van der Waals surface area contributed by atoms with Gasteiger partial charge >= 0.3 is 5.69 Å². The third-order valence-corrected chi connectivity index (χ3v) is 2.98. The standard InChI is InChI=1S/C13H15N5O2/c1-8-4-6-10(7-5-8)17(3)12-11(18(19)20)9(2)15-13(14)16-12/h4-7H,1-3H3,(H2,14,15,16). The number of benzene rings is 1. The Bertz CT molecular complexity index is 655. The van der Waals surface area contributed by atoms with Crippen molar-refractivity contribution in [3.8, 4) is 0 Å². The lowest BCUT2D eigenvalue weighted by Crippen LogP contribution is -2.16. The minimum Gasteiger partial charge on any atom is -0.368 e. The molecule has 1 heterocycles. The molecule has 7 nitrogen and oxygen atoms in total. The van der Waals surface area contributed by atoms with E-state index in [1.54, 1.807) is 18.9 Å². The molecule has 0 radical (unpaired) electrons. The summed E-state index contributed by atoms with van der Waals surface area (Å²) in [6, 6.07) is 7.59. The molecular formula is C13H15N5O2. The minimum atomic E-state index is -0.491. The van der Waals surface area contributed by atoms with Gasteiger partial charge < -0.3 is 10.6 Å². The van der Waals surface area contributed by atoms with Gasteiger partial charge in [-0.3, -0.25) is 10.1 Å². The molecule has 0 spiro atoms. The Balaban J connectivity index is 2.56. The van der Waals surface area contributed by atoms with Gasteiger partial charge in [0.25, 0.3) is 0 Å². The van der Waals surface area contributed by atoms with Gasteiger partial charge in [0.2, 0.25) is 11.8 Å². The Kier molecular flexibility index (Phi) is 3.51. The third-order valence-electron chi connectivity index (χ3n) is 2.98. The van der Waals surface area contributed by atoms with Gasteiger partial charge in [-0.25, -0.2) is 4.98 Å². The number of nitrogen functional groups attached to an aromatic ring is 1. The quantitative estimate of drug-likeness (QED) is 0.680.